The van der Waals surface area contributed by atoms with E-state index in [1.54, 1.807) is 24.3 Å². The number of amides is 2. The van der Waals surface area contributed by atoms with Crippen LogP contribution < -0.4 is 15.4 Å². The highest BCUT2D eigenvalue weighted by Gasteiger charge is 2.28. The Hall–Kier alpha value is -3.03. The first-order valence-electron chi connectivity index (χ1n) is 8.55. The lowest BCUT2D eigenvalue weighted by molar-refractivity contribution is -0.153. The summed E-state index contributed by atoms with van der Waals surface area (Å²) in [5, 5.41) is 5.17. The Balaban J connectivity index is 1.76. The number of rotatable bonds is 7. The molecule has 28 heavy (non-hydrogen) atoms. The van der Waals surface area contributed by atoms with E-state index in [4.69, 9.17) is 0 Å². The molecule has 8 heteroatoms. The molecular formula is C20H21F3N2O3. The van der Waals surface area contributed by atoms with Gasteiger partial charge in [0.05, 0.1) is 6.54 Å². The van der Waals surface area contributed by atoms with Crippen molar-refractivity contribution in [2.24, 2.45) is 0 Å². The summed E-state index contributed by atoms with van der Waals surface area (Å²) in [4.78, 5) is 23.9. The van der Waals surface area contributed by atoms with Crippen LogP contribution in [0.15, 0.2) is 42.5 Å². The highest BCUT2D eigenvalue weighted by Crippen LogP contribution is 2.18. The summed E-state index contributed by atoms with van der Waals surface area (Å²) in [6, 6.07) is 11.2. The van der Waals surface area contributed by atoms with Crippen LogP contribution in [0.5, 0.6) is 5.75 Å². The van der Waals surface area contributed by atoms with Crippen molar-refractivity contribution in [1.29, 1.82) is 0 Å². The highest BCUT2D eigenvalue weighted by molar-refractivity contribution is 5.96. The van der Waals surface area contributed by atoms with Crippen LogP contribution in [0.3, 0.4) is 0 Å². The monoisotopic (exact) mass is 394 g/mol. The molecule has 0 unspecified atom stereocenters. The minimum Gasteiger partial charge on any atom is -0.484 e. The third-order valence-electron chi connectivity index (χ3n) is 3.99. The summed E-state index contributed by atoms with van der Waals surface area (Å²) in [5.41, 5.74) is 3.22. The molecule has 0 fully saturated rings. The van der Waals surface area contributed by atoms with Gasteiger partial charge >= 0.3 is 6.18 Å². The van der Waals surface area contributed by atoms with Crippen molar-refractivity contribution >= 4 is 11.8 Å². The summed E-state index contributed by atoms with van der Waals surface area (Å²) in [5.74, 6) is -0.632. The van der Waals surface area contributed by atoms with Gasteiger partial charge in [0.25, 0.3) is 5.91 Å². The van der Waals surface area contributed by atoms with Crippen molar-refractivity contribution in [3.05, 3.63) is 64.7 Å². The van der Waals surface area contributed by atoms with Crippen molar-refractivity contribution < 1.29 is 27.5 Å². The van der Waals surface area contributed by atoms with Gasteiger partial charge in [-0.25, -0.2) is 0 Å². The van der Waals surface area contributed by atoms with Crippen LogP contribution in [0, 0.1) is 13.8 Å². The van der Waals surface area contributed by atoms with Crippen LogP contribution >= 0.6 is 0 Å². The largest absolute Gasteiger partial charge is 0.484 e. The van der Waals surface area contributed by atoms with Crippen molar-refractivity contribution in [3.8, 4) is 5.75 Å². The summed E-state index contributed by atoms with van der Waals surface area (Å²) in [6.45, 7) is 2.48. The number of hydrogen-bond donors (Lipinski definition) is 2. The zero-order valence-corrected chi connectivity index (χ0v) is 15.5. The van der Waals surface area contributed by atoms with Gasteiger partial charge in [0, 0.05) is 12.1 Å². The molecule has 2 aromatic rings. The third-order valence-corrected chi connectivity index (χ3v) is 3.99. The molecule has 150 valence electrons. The number of alkyl halides is 3. The van der Waals surface area contributed by atoms with Crippen molar-refractivity contribution in [2.75, 3.05) is 13.2 Å². The van der Waals surface area contributed by atoms with Crippen LogP contribution in [0.25, 0.3) is 0 Å². The van der Waals surface area contributed by atoms with Crippen LogP contribution in [0.1, 0.15) is 27.0 Å². The van der Waals surface area contributed by atoms with E-state index in [2.05, 4.69) is 15.4 Å². The quantitative estimate of drug-likeness (QED) is 0.757. The smallest absolute Gasteiger partial charge is 0.422 e. The Morgan fingerprint density at radius 1 is 0.964 bits per heavy atom. The molecule has 0 radical (unpaired) electrons. The van der Waals surface area contributed by atoms with Gasteiger partial charge in [0.15, 0.2) is 6.61 Å². The fourth-order valence-electron chi connectivity index (χ4n) is 2.28. The average Bonchev–Trinajstić information content (AvgIpc) is 2.65. The predicted octanol–water partition coefficient (Wildman–Crippen LogP) is 3.29. The molecule has 0 heterocycles. The minimum atomic E-state index is -4.39. The van der Waals surface area contributed by atoms with Gasteiger partial charge in [-0.05, 0) is 54.8 Å². The highest BCUT2D eigenvalue weighted by atomic mass is 19.4. The maximum Gasteiger partial charge on any atom is 0.422 e. The number of nitrogens with one attached hydrogen (secondary N) is 2. The summed E-state index contributed by atoms with van der Waals surface area (Å²) >= 11 is 0. The van der Waals surface area contributed by atoms with E-state index < -0.39 is 12.8 Å². The fraction of sp³-hybridized carbons (Fsp3) is 0.300. The summed E-state index contributed by atoms with van der Waals surface area (Å²) in [6.07, 6.45) is -4.39. The maximum absolute atomic E-state index is 12.1. The van der Waals surface area contributed by atoms with Gasteiger partial charge in [-0.1, -0.05) is 18.2 Å². The van der Waals surface area contributed by atoms with Gasteiger partial charge < -0.3 is 15.4 Å². The maximum atomic E-state index is 12.1. The van der Waals surface area contributed by atoms with Gasteiger partial charge in [0.1, 0.15) is 5.75 Å². The molecule has 2 aromatic carbocycles. The first-order valence-corrected chi connectivity index (χ1v) is 8.55. The standard InChI is InChI=1S/C20H21F3N2O3/c1-13-3-6-16(9-14(13)2)19(27)25-11-18(26)24-10-15-4-7-17(8-5-15)28-12-20(21,22)23/h3-9H,10-12H2,1-2H3,(H,24,26)(H,25,27). The van der Waals surface area contributed by atoms with Crippen LogP contribution in [-0.2, 0) is 11.3 Å². The van der Waals surface area contributed by atoms with E-state index in [9.17, 15) is 22.8 Å². The normalized spacial score (nSPS) is 11.0. The number of halogens is 3. The Bertz CT molecular complexity index is 834. The van der Waals surface area contributed by atoms with E-state index in [0.29, 0.717) is 11.1 Å². The molecule has 0 aliphatic heterocycles. The number of aryl methyl sites for hydroxylation is 2. The second-order valence-electron chi connectivity index (χ2n) is 6.31. The lowest BCUT2D eigenvalue weighted by Crippen LogP contribution is -2.36. The first kappa shape index (κ1) is 21.3. The van der Waals surface area contributed by atoms with E-state index in [0.717, 1.165) is 11.1 Å². The molecule has 0 saturated carbocycles. The number of hydrogen-bond acceptors (Lipinski definition) is 3. The topological polar surface area (TPSA) is 67.4 Å². The van der Waals surface area contributed by atoms with Gasteiger partial charge in [0.2, 0.25) is 5.91 Å². The Kier molecular flexibility index (Phi) is 7.03. The average molecular weight is 394 g/mol. The third kappa shape index (κ3) is 6.94. The van der Waals surface area contributed by atoms with Crippen molar-refractivity contribution in [1.82, 2.24) is 10.6 Å². The zero-order valence-electron chi connectivity index (χ0n) is 15.5. The second kappa shape index (κ2) is 9.25. The zero-order chi connectivity index (χ0) is 20.7. The van der Waals surface area contributed by atoms with E-state index in [1.165, 1.54) is 12.1 Å². The molecule has 0 bridgehead atoms. The molecule has 2 N–H and O–H groups in total. The van der Waals surface area contributed by atoms with Crippen LogP contribution in [0.2, 0.25) is 0 Å². The van der Waals surface area contributed by atoms with E-state index >= 15 is 0 Å². The predicted molar refractivity (Wildman–Crippen MR) is 98.1 cm³/mol. The van der Waals surface area contributed by atoms with Crippen molar-refractivity contribution in [3.63, 3.8) is 0 Å². The van der Waals surface area contributed by atoms with Crippen LogP contribution in [0.4, 0.5) is 13.2 Å². The Morgan fingerprint density at radius 2 is 1.64 bits per heavy atom. The number of carbonyl (C=O) groups excluding carboxylic acids is 2. The van der Waals surface area contributed by atoms with Gasteiger partial charge in [-0.2, -0.15) is 13.2 Å². The molecule has 5 nitrogen and oxygen atoms in total. The summed E-state index contributed by atoms with van der Waals surface area (Å²) < 4.78 is 40.9. The number of benzene rings is 2. The van der Waals surface area contributed by atoms with Crippen molar-refractivity contribution in [2.45, 2.75) is 26.6 Å². The Labute approximate surface area is 160 Å². The SMILES string of the molecule is Cc1ccc(C(=O)NCC(=O)NCc2ccc(OCC(F)(F)F)cc2)cc1C. The molecular weight excluding hydrogens is 373 g/mol. The van der Waals surface area contributed by atoms with Gasteiger partial charge in [-0.3, -0.25) is 9.59 Å². The first-order chi connectivity index (χ1) is 13.1. The van der Waals surface area contributed by atoms with Gasteiger partial charge in [-0.15, -0.1) is 0 Å². The van der Waals surface area contributed by atoms with Crippen LogP contribution in [-0.4, -0.2) is 31.1 Å². The molecule has 0 saturated heterocycles. The molecule has 0 aliphatic carbocycles. The molecule has 0 aliphatic rings. The molecule has 0 aromatic heterocycles. The second-order valence-corrected chi connectivity index (χ2v) is 6.31. The lowest BCUT2D eigenvalue weighted by Gasteiger charge is -2.10. The number of ether oxygens (including phenoxy) is 1. The minimum absolute atomic E-state index is 0.0908. The summed E-state index contributed by atoms with van der Waals surface area (Å²) in [7, 11) is 0. The molecule has 2 rings (SSSR count). The number of carbonyl (C=O) groups is 2. The molecule has 2 amide bonds. The fourth-order valence-corrected chi connectivity index (χ4v) is 2.28. The van der Waals surface area contributed by atoms with E-state index in [1.807, 2.05) is 19.9 Å². The molecule has 0 atom stereocenters. The van der Waals surface area contributed by atoms with E-state index in [-0.39, 0.29) is 30.7 Å². The Morgan fingerprint density at radius 3 is 2.25 bits per heavy atom. The molecule has 0 spiro atoms. The lowest BCUT2D eigenvalue weighted by atomic mass is 10.1.